The highest BCUT2D eigenvalue weighted by atomic mass is 35.5. The van der Waals surface area contributed by atoms with E-state index in [4.69, 9.17) is 21.4 Å². The maximum Gasteiger partial charge on any atom is 0.354 e. The van der Waals surface area contributed by atoms with E-state index in [2.05, 4.69) is 9.97 Å². The molecule has 0 bridgehead atoms. The van der Waals surface area contributed by atoms with Crippen LogP contribution < -0.4 is 4.74 Å². The van der Waals surface area contributed by atoms with E-state index in [0.717, 1.165) is 6.07 Å². The molecule has 0 atom stereocenters. The van der Waals surface area contributed by atoms with Crippen molar-refractivity contribution in [2.75, 3.05) is 0 Å². The number of nitrogens with zero attached hydrogens (tertiary/aromatic N) is 2. The summed E-state index contributed by atoms with van der Waals surface area (Å²) in [5.41, 5.74) is -0.210. The van der Waals surface area contributed by atoms with Crippen LogP contribution in [0.1, 0.15) is 16.3 Å². The quantitative estimate of drug-likeness (QED) is 0.873. The SMILES string of the molecule is O=C(O)c1cc(Cl)nc(COc2ccc(F)cc2)n1. The standard InChI is InChI=1S/C12H8ClFN2O3/c13-10-5-9(12(17)18)15-11(16-10)6-19-8-3-1-7(14)2-4-8/h1-5H,6H2,(H,17,18). The Bertz CT molecular complexity index is 604. The van der Waals surface area contributed by atoms with Crippen LogP contribution in [0.4, 0.5) is 4.39 Å². The molecule has 0 aliphatic heterocycles. The summed E-state index contributed by atoms with van der Waals surface area (Å²) >= 11 is 5.68. The monoisotopic (exact) mass is 282 g/mol. The molecule has 0 spiro atoms. The summed E-state index contributed by atoms with van der Waals surface area (Å²) in [6.45, 7) is -0.0630. The van der Waals surface area contributed by atoms with E-state index in [-0.39, 0.29) is 29.1 Å². The molecule has 7 heteroatoms. The zero-order valence-corrected chi connectivity index (χ0v) is 10.3. The number of halogens is 2. The maximum absolute atomic E-state index is 12.7. The Labute approximate surface area is 112 Å². The largest absolute Gasteiger partial charge is 0.486 e. The lowest BCUT2D eigenvalue weighted by Gasteiger charge is -2.06. The minimum Gasteiger partial charge on any atom is -0.486 e. The minimum absolute atomic E-state index is 0.0186. The van der Waals surface area contributed by atoms with Crippen molar-refractivity contribution in [3.63, 3.8) is 0 Å². The fourth-order valence-electron chi connectivity index (χ4n) is 1.32. The Balaban J connectivity index is 2.11. The maximum atomic E-state index is 12.7. The molecule has 1 heterocycles. The average molecular weight is 283 g/mol. The molecule has 0 saturated carbocycles. The van der Waals surface area contributed by atoms with E-state index in [0.29, 0.717) is 5.75 Å². The Morgan fingerprint density at radius 3 is 2.63 bits per heavy atom. The van der Waals surface area contributed by atoms with Crippen LogP contribution in [-0.4, -0.2) is 21.0 Å². The Kier molecular flexibility index (Phi) is 3.91. The summed E-state index contributed by atoms with van der Waals surface area (Å²) < 4.78 is 18.0. The number of aromatic nitrogens is 2. The smallest absolute Gasteiger partial charge is 0.354 e. The van der Waals surface area contributed by atoms with Crippen LogP contribution in [-0.2, 0) is 6.61 Å². The van der Waals surface area contributed by atoms with E-state index in [1.54, 1.807) is 0 Å². The highest BCUT2D eigenvalue weighted by Gasteiger charge is 2.10. The fraction of sp³-hybridized carbons (Fsp3) is 0.0833. The molecule has 0 unspecified atom stereocenters. The first-order valence-electron chi connectivity index (χ1n) is 5.20. The lowest BCUT2D eigenvalue weighted by atomic mass is 10.3. The first kappa shape index (κ1) is 13.2. The molecule has 1 aromatic carbocycles. The summed E-state index contributed by atoms with van der Waals surface area (Å²) in [6.07, 6.45) is 0. The first-order chi connectivity index (χ1) is 9.04. The van der Waals surface area contributed by atoms with Crippen molar-refractivity contribution in [3.8, 4) is 5.75 Å². The number of carboxylic acids is 1. The third kappa shape index (κ3) is 3.62. The molecule has 98 valence electrons. The molecular weight excluding hydrogens is 275 g/mol. The number of benzene rings is 1. The van der Waals surface area contributed by atoms with Gasteiger partial charge in [-0.3, -0.25) is 0 Å². The van der Waals surface area contributed by atoms with Crippen molar-refractivity contribution in [3.05, 3.63) is 52.8 Å². The van der Waals surface area contributed by atoms with Crippen molar-refractivity contribution in [1.29, 1.82) is 0 Å². The molecule has 0 saturated heterocycles. The second kappa shape index (κ2) is 5.62. The lowest BCUT2D eigenvalue weighted by molar-refractivity contribution is 0.0689. The highest BCUT2D eigenvalue weighted by molar-refractivity contribution is 6.29. The van der Waals surface area contributed by atoms with Gasteiger partial charge in [0.1, 0.15) is 23.3 Å². The molecule has 0 aliphatic rings. The van der Waals surface area contributed by atoms with Crippen molar-refractivity contribution >= 4 is 17.6 Å². The Morgan fingerprint density at radius 2 is 2.00 bits per heavy atom. The molecule has 2 rings (SSSR count). The number of carboxylic acid groups (broad SMARTS) is 1. The normalized spacial score (nSPS) is 10.2. The van der Waals surface area contributed by atoms with Crippen LogP contribution in [0.5, 0.6) is 5.75 Å². The average Bonchev–Trinajstić information content (AvgIpc) is 2.37. The van der Waals surface area contributed by atoms with E-state index in [1.165, 1.54) is 24.3 Å². The molecule has 19 heavy (non-hydrogen) atoms. The van der Waals surface area contributed by atoms with Gasteiger partial charge in [-0.25, -0.2) is 19.2 Å². The van der Waals surface area contributed by atoms with Crippen LogP contribution in [0.25, 0.3) is 0 Å². The third-order valence-electron chi connectivity index (χ3n) is 2.14. The van der Waals surface area contributed by atoms with Gasteiger partial charge in [0.05, 0.1) is 0 Å². The fourth-order valence-corrected chi connectivity index (χ4v) is 1.52. The van der Waals surface area contributed by atoms with Gasteiger partial charge in [0, 0.05) is 6.07 Å². The van der Waals surface area contributed by atoms with Crippen molar-refractivity contribution in [2.45, 2.75) is 6.61 Å². The zero-order valence-electron chi connectivity index (χ0n) is 9.51. The lowest BCUT2D eigenvalue weighted by Crippen LogP contribution is -2.08. The second-order valence-corrected chi connectivity index (χ2v) is 3.93. The highest BCUT2D eigenvalue weighted by Crippen LogP contribution is 2.13. The van der Waals surface area contributed by atoms with Gasteiger partial charge >= 0.3 is 5.97 Å². The number of aromatic carboxylic acids is 1. The van der Waals surface area contributed by atoms with E-state index >= 15 is 0 Å². The van der Waals surface area contributed by atoms with Crippen LogP contribution in [0, 0.1) is 5.82 Å². The Hall–Kier alpha value is -2.21. The molecule has 5 nitrogen and oxygen atoms in total. The third-order valence-corrected chi connectivity index (χ3v) is 2.34. The summed E-state index contributed by atoms with van der Waals surface area (Å²) in [7, 11) is 0. The van der Waals surface area contributed by atoms with E-state index in [9.17, 15) is 9.18 Å². The Morgan fingerprint density at radius 1 is 1.32 bits per heavy atom. The molecule has 0 amide bonds. The first-order valence-corrected chi connectivity index (χ1v) is 5.57. The van der Waals surface area contributed by atoms with Crippen LogP contribution in [0.15, 0.2) is 30.3 Å². The predicted octanol–water partition coefficient (Wildman–Crippen LogP) is 2.55. The van der Waals surface area contributed by atoms with E-state index in [1.807, 2.05) is 0 Å². The van der Waals surface area contributed by atoms with Gasteiger partial charge in [0.2, 0.25) is 0 Å². The molecule has 0 fully saturated rings. The zero-order chi connectivity index (χ0) is 13.8. The van der Waals surface area contributed by atoms with Crippen LogP contribution in [0.3, 0.4) is 0 Å². The van der Waals surface area contributed by atoms with Crippen molar-refractivity contribution in [2.24, 2.45) is 0 Å². The number of ether oxygens (including phenoxy) is 1. The summed E-state index contributed by atoms with van der Waals surface area (Å²) in [5.74, 6) is -1.03. The van der Waals surface area contributed by atoms with Crippen molar-refractivity contribution < 1.29 is 19.0 Å². The number of carbonyl (C=O) groups is 1. The van der Waals surface area contributed by atoms with Gasteiger partial charge in [-0.15, -0.1) is 0 Å². The van der Waals surface area contributed by atoms with Gasteiger partial charge in [-0.05, 0) is 24.3 Å². The molecule has 1 N–H and O–H groups in total. The number of rotatable bonds is 4. The van der Waals surface area contributed by atoms with Gasteiger partial charge in [-0.1, -0.05) is 11.6 Å². The topological polar surface area (TPSA) is 72.3 Å². The minimum atomic E-state index is -1.20. The molecular formula is C12H8ClFN2O3. The number of hydrogen-bond donors (Lipinski definition) is 1. The van der Waals surface area contributed by atoms with Gasteiger partial charge < -0.3 is 9.84 Å². The molecule has 2 aromatic rings. The molecule has 1 aromatic heterocycles. The van der Waals surface area contributed by atoms with Crippen LogP contribution >= 0.6 is 11.6 Å². The van der Waals surface area contributed by atoms with Crippen molar-refractivity contribution in [1.82, 2.24) is 9.97 Å². The number of hydrogen-bond acceptors (Lipinski definition) is 4. The predicted molar refractivity (Wildman–Crippen MR) is 64.7 cm³/mol. The van der Waals surface area contributed by atoms with Gasteiger partial charge in [-0.2, -0.15) is 0 Å². The summed E-state index contributed by atoms with van der Waals surface area (Å²) in [4.78, 5) is 18.4. The van der Waals surface area contributed by atoms with Gasteiger partial charge in [0.25, 0.3) is 0 Å². The van der Waals surface area contributed by atoms with E-state index < -0.39 is 5.97 Å². The summed E-state index contributed by atoms with van der Waals surface area (Å²) in [6, 6.07) is 6.52. The molecule has 0 aliphatic carbocycles. The molecule has 0 radical (unpaired) electrons. The summed E-state index contributed by atoms with van der Waals surface area (Å²) in [5, 5.41) is 8.84. The van der Waals surface area contributed by atoms with Crippen LogP contribution in [0.2, 0.25) is 5.15 Å². The van der Waals surface area contributed by atoms with Gasteiger partial charge in [0.15, 0.2) is 11.5 Å². The second-order valence-electron chi connectivity index (χ2n) is 3.54.